The first-order valence-corrected chi connectivity index (χ1v) is 53.0. The molecule has 0 saturated carbocycles. The van der Waals surface area contributed by atoms with Gasteiger partial charge in [-0.1, -0.05) is 6.07 Å². The van der Waals surface area contributed by atoms with Crippen molar-refractivity contribution < 1.29 is 86.3 Å². The summed E-state index contributed by atoms with van der Waals surface area (Å²) in [6.07, 6.45) is 39.3. The number of piperidine rings is 5. The third kappa shape index (κ3) is 33.1. The van der Waals surface area contributed by atoms with Gasteiger partial charge in [-0.2, -0.15) is 0 Å². The molecule has 149 heavy (non-hydrogen) atoms. The molecule has 6 fully saturated rings. The van der Waals surface area contributed by atoms with Gasteiger partial charge in [-0.3, -0.25) is 63.6 Å². The van der Waals surface area contributed by atoms with Crippen LogP contribution in [0.1, 0.15) is 216 Å². The second kappa shape index (κ2) is 52.1. The van der Waals surface area contributed by atoms with Gasteiger partial charge in [0.05, 0.1) is 48.3 Å². The number of aliphatic hydroxyl groups is 1. The monoisotopic (exact) mass is 2170 g/mol. The molecule has 0 spiro atoms. The number of aliphatic hydroxyl groups excluding tert-OH is 1. The van der Waals surface area contributed by atoms with E-state index >= 15 is 0 Å². The van der Waals surface area contributed by atoms with E-state index in [0.29, 0.717) is 48.6 Å². The Morgan fingerprint density at radius 1 is 0.383 bits per heavy atom. The molecule has 40 heteroatoms. The molecule has 0 atom stereocenters. The van der Waals surface area contributed by atoms with Crippen LogP contribution in [0.3, 0.4) is 0 Å². The number of hydrogen-bond acceptors (Lipinski definition) is 28. The van der Waals surface area contributed by atoms with Crippen LogP contribution in [0, 0.1) is 0 Å². The number of nitrogens with two attached hydrogens (primary N) is 1. The van der Waals surface area contributed by atoms with Gasteiger partial charge in [0.2, 0.25) is 29.5 Å². The van der Waals surface area contributed by atoms with E-state index in [4.69, 9.17) is 53.7 Å². The lowest BCUT2D eigenvalue weighted by molar-refractivity contribution is -0.131. The molecule has 10 aliphatic heterocycles. The van der Waals surface area contributed by atoms with E-state index in [0.717, 1.165) is 269 Å². The number of rotatable bonds is 12. The van der Waals surface area contributed by atoms with Crippen molar-refractivity contribution in [2.75, 3.05) is 112 Å². The minimum atomic E-state index is -0.552. The molecule has 9 aromatic heterocycles. The summed E-state index contributed by atoms with van der Waals surface area (Å²) in [6, 6.07) is 17.3. The number of carbonyl (C=O) groups excluding carboxylic acids is 8. The Balaban J connectivity index is 0.000000150. The van der Waals surface area contributed by atoms with E-state index in [1.54, 1.807) is 124 Å². The van der Waals surface area contributed by atoms with E-state index in [9.17, 15) is 38.4 Å². The smallest absolute Gasteiger partial charge is 0.496 e. The lowest BCUT2D eigenvalue weighted by Crippen LogP contribution is -2.42. The Kier molecular flexibility index (Phi) is 39.6. The number of urea groups is 1. The van der Waals surface area contributed by atoms with Gasteiger partial charge < -0.3 is 83.5 Å². The number of halogens is 2. The zero-order valence-electron chi connectivity index (χ0n) is 88.2. The number of primary amides is 1. The summed E-state index contributed by atoms with van der Waals surface area (Å²) in [7, 11) is -0.449. The highest BCUT2D eigenvalue weighted by Crippen LogP contribution is 2.40. The first-order valence-electron chi connectivity index (χ1n) is 51.4. The normalized spacial score (nSPS) is 17.7. The molecule has 0 unspecified atom stereocenters. The Morgan fingerprint density at radius 2 is 0.691 bits per heavy atom. The number of hydrogen-bond donors (Lipinski definition) is 4. The standard InChI is InChI=1S/C25H32N4O4.C21H25N5O3.C20H24N4O2.C19H29BN2O4.C12H15BrN2O2.C7H13NO2.C5H4BrNO/c1-17(30)28-10-7-21(8-11-28)32-22-13-20(14-26-16-22)19-12-18-6-5-9-29(23(18)27-15-19)24(31)33-25(2,3)4;1-14(27)25-7-4-18(5-8-25)29-19-10-17(11-23-13-19)16-9-15-3-2-6-26(21(22)28)20(15)24-12-16;1-14(25)24-7-4-18(5-8-24)26-19-10-17(11-21-13-19)16-9-15-3-2-6-22-20(15)23-12-16;1-17(2,3)24-16(23)22-10-8-9-13-11-14(12-21-15(13)22)20-25-18(4,5)19(6,7)26-20;1-9(16)15-4-2-11(3-5-15)17-12-6-10(13)7-14-8-12;1-6(9)8-4-2-7(10)3-5-8;6-4-1-5(8)3-7-2-4/h12-16,21H,5-11H2,1-4H3;9-13,18H,2-8H2,1H3,(H2,22,28);9-13,18H,2-8H2,1H3,(H,22,23);11-12H,8-10H2,1-7H3;6-8,11H,2-5H2,1H3;7,10H,2-5H2,1H3;1-3,8H. The molecule has 19 rings (SSSR count). The maximum absolute atomic E-state index is 12.6. The maximum Gasteiger partial charge on any atom is 0.496 e. The van der Waals surface area contributed by atoms with Crippen LogP contribution in [0.15, 0.2) is 150 Å². The molecule has 37 nitrogen and oxygen atoms in total. The molecule has 10 aliphatic rings. The van der Waals surface area contributed by atoms with Crippen molar-refractivity contribution in [3.8, 4) is 62.1 Å². The average molecular weight is 2180 g/mol. The fourth-order valence-corrected chi connectivity index (χ4v) is 19.1. The number of carbonyl (C=O) groups is 8. The molecule has 9 amide bonds. The number of fused-ring (bicyclic) bond motifs is 4. The molecule has 798 valence electrons. The van der Waals surface area contributed by atoms with E-state index < -0.39 is 35.6 Å². The summed E-state index contributed by atoms with van der Waals surface area (Å²) >= 11 is 6.50. The number of aromatic hydroxyl groups is 1. The van der Waals surface area contributed by atoms with Gasteiger partial charge in [-0.25, -0.2) is 34.3 Å². The van der Waals surface area contributed by atoms with Crippen molar-refractivity contribution in [3.63, 3.8) is 0 Å². The van der Waals surface area contributed by atoms with Gasteiger partial charge in [0.15, 0.2) is 0 Å². The zero-order valence-corrected chi connectivity index (χ0v) is 91.4. The van der Waals surface area contributed by atoms with Crippen LogP contribution in [0.2, 0.25) is 0 Å². The van der Waals surface area contributed by atoms with Gasteiger partial charge in [-0.05, 0) is 236 Å². The van der Waals surface area contributed by atoms with Crippen molar-refractivity contribution in [1.29, 1.82) is 0 Å². The van der Waals surface area contributed by atoms with Gasteiger partial charge >= 0.3 is 25.3 Å². The predicted molar refractivity (Wildman–Crippen MR) is 575 cm³/mol. The summed E-state index contributed by atoms with van der Waals surface area (Å²) in [5, 5.41) is 21.1. The number of pyridine rings is 9. The van der Waals surface area contributed by atoms with Crippen molar-refractivity contribution in [2.24, 2.45) is 5.73 Å². The molecule has 0 aliphatic carbocycles. The first kappa shape index (κ1) is 113. The van der Waals surface area contributed by atoms with Crippen LogP contribution < -0.4 is 50.2 Å². The van der Waals surface area contributed by atoms with Crippen LogP contribution in [0.25, 0.3) is 33.4 Å². The van der Waals surface area contributed by atoms with Gasteiger partial charge in [0.1, 0.15) is 87.6 Å². The lowest BCUT2D eigenvalue weighted by atomic mass is 9.79. The molecule has 0 aromatic carbocycles. The molecular weight excluding hydrogens is 2030 g/mol. The van der Waals surface area contributed by atoms with Gasteiger partial charge in [0, 0.05) is 281 Å². The van der Waals surface area contributed by atoms with Gasteiger partial charge in [0.25, 0.3) is 0 Å². The lowest BCUT2D eigenvalue weighted by Gasteiger charge is -2.32. The largest absolute Gasteiger partial charge is 0.506 e. The number of likely N-dealkylation sites (tertiary alicyclic amines) is 5. The van der Waals surface area contributed by atoms with Crippen molar-refractivity contribution in [3.05, 3.63) is 173 Å². The maximum atomic E-state index is 12.6. The summed E-state index contributed by atoms with van der Waals surface area (Å²) in [5.74, 6) is 6.76. The van der Waals surface area contributed by atoms with Crippen molar-refractivity contribution in [1.82, 2.24) is 69.4 Å². The van der Waals surface area contributed by atoms with E-state index in [-0.39, 0.29) is 78.0 Å². The number of aryl methyl sites for hydroxylation is 4. The van der Waals surface area contributed by atoms with Crippen LogP contribution in [0.5, 0.6) is 28.7 Å². The predicted octanol–water partition coefficient (Wildman–Crippen LogP) is 16.3. The quantitative estimate of drug-likeness (QED) is 0.0825. The highest BCUT2D eigenvalue weighted by Gasteiger charge is 2.52. The third-order valence-corrected chi connectivity index (χ3v) is 28.0. The second-order valence-electron chi connectivity index (χ2n) is 41.5. The molecule has 0 radical (unpaired) electrons. The Bertz CT molecular complexity index is 6060. The second-order valence-corrected chi connectivity index (χ2v) is 43.4. The number of anilines is 4. The Hall–Kier alpha value is -12.8. The van der Waals surface area contributed by atoms with Crippen molar-refractivity contribution in [2.45, 2.75) is 272 Å². The summed E-state index contributed by atoms with van der Waals surface area (Å²) in [4.78, 5) is 146. The van der Waals surface area contributed by atoms with E-state index in [1.807, 2.05) is 138 Å². The Morgan fingerprint density at radius 3 is 1.04 bits per heavy atom. The summed E-state index contributed by atoms with van der Waals surface area (Å²) in [5.41, 5.74) is 14.6. The fraction of sp³-hybridized carbons (Fsp3) is 0.514. The van der Waals surface area contributed by atoms with Crippen LogP contribution in [-0.4, -0.2) is 279 Å². The number of amides is 9. The number of aromatic nitrogens is 9. The molecular formula is C109H142BBr2N19O18. The highest BCUT2D eigenvalue weighted by atomic mass is 79.9. The molecule has 19 heterocycles. The number of ether oxygens (including phenoxy) is 6. The SMILES string of the molecule is CC(=O)N1CCC(O)CC1.CC(=O)N1CCC(Oc2cncc(-c3cnc4c(c3)CCCN4)c2)CC1.CC(=O)N1CCC(Oc2cncc(-c3cnc4c(c3)CCCN4C(=O)OC(C)(C)C)c2)CC1.CC(=O)N1CCC(Oc2cncc(-c3cnc4c(c3)CCCN4C(N)=O)c2)CC1.CC(=O)N1CCC(Oc2cncc(Br)c2)CC1.CC(C)(C)OC(=O)N1CCCc2cc(B3OC(C)(C)C(C)(C)O3)cnc21.Oc1cncc(Br)c1. The zero-order chi connectivity index (χ0) is 107. The van der Waals surface area contributed by atoms with E-state index in [1.165, 1.54) is 16.7 Å². The highest BCUT2D eigenvalue weighted by molar-refractivity contribution is 9.10. The minimum Gasteiger partial charge on any atom is -0.506 e. The average Bonchev–Trinajstić information content (AvgIpc) is 1.64. The molecule has 9 aromatic rings. The minimum absolute atomic E-state index is 0.0710. The number of nitrogens with zero attached hydrogens (tertiary/aromatic N) is 17. The van der Waals surface area contributed by atoms with Crippen LogP contribution in [-0.2, 0) is 68.4 Å². The van der Waals surface area contributed by atoms with Crippen LogP contribution in [0.4, 0.5) is 37.7 Å². The first-order chi connectivity index (χ1) is 70.9. The number of nitrogens with one attached hydrogen (secondary N) is 1. The van der Waals surface area contributed by atoms with Crippen molar-refractivity contribution >= 4 is 115 Å². The molecule has 5 N–H and O–H groups in total. The fourth-order valence-electron chi connectivity index (χ4n) is 18.4. The topological polar surface area (TPSA) is 431 Å². The van der Waals surface area contributed by atoms with E-state index in [2.05, 4.69) is 94.2 Å². The molecule has 0 bridgehead atoms. The molecule has 6 saturated heterocycles. The third-order valence-electron chi connectivity index (χ3n) is 27.2. The van der Waals surface area contributed by atoms with Gasteiger partial charge in [-0.15, -0.1) is 0 Å². The summed E-state index contributed by atoms with van der Waals surface area (Å²) < 4.78 is 49.2. The summed E-state index contributed by atoms with van der Waals surface area (Å²) in [6.45, 7) is 37.5. The Labute approximate surface area is 890 Å². The van der Waals surface area contributed by atoms with Crippen LogP contribution >= 0.6 is 31.9 Å².